The number of hydrogen-bond acceptors (Lipinski definition) is 2. The Labute approximate surface area is 110 Å². The highest BCUT2D eigenvalue weighted by molar-refractivity contribution is 6.42. The quantitative estimate of drug-likeness (QED) is 0.866. The number of halogens is 2. The van der Waals surface area contributed by atoms with Gasteiger partial charge >= 0.3 is 0 Å². The van der Waals surface area contributed by atoms with E-state index in [1.165, 1.54) is 0 Å². The van der Waals surface area contributed by atoms with Gasteiger partial charge in [-0.1, -0.05) is 23.2 Å². The van der Waals surface area contributed by atoms with Gasteiger partial charge in [-0.05, 0) is 43.3 Å². The van der Waals surface area contributed by atoms with Crippen molar-refractivity contribution in [3.63, 3.8) is 0 Å². The summed E-state index contributed by atoms with van der Waals surface area (Å²) < 4.78 is 5.62. The van der Waals surface area contributed by atoms with E-state index in [1.807, 2.05) is 18.2 Å². The van der Waals surface area contributed by atoms with Crippen molar-refractivity contribution in [2.24, 2.45) is 5.73 Å². The monoisotopic (exact) mass is 267 g/mol. The van der Waals surface area contributed by atoms with E-state index in [4.69, 9.17) is 33.4 Å². The standard InChI is InChI=1S/C13H11Cl2NO/c1-8(16)6-10-3-5-13(17-10)9-2-4-11(14)12(15)7-9/h2-7H,16H2,1H3/b8-6+. The number of allylic oxidation sites excluding steroid dienone is 1. The zero-order valence-electron chi connectivity index (χ0n) is 9.21. The number of benzene rings is 1. The van der Waals surface area contributed by atoms with Gasteiger partial charge in [0, 0.05) is 11.3 Å². The van der Waals surface area contributed by atoms with E-state index in [0.717, 1.165) is 11.3 Å². The molecule has 88 valence electrons. The maximum absolute atomic E-state index is 5.95. The van der Waals surface area contributed by atoms with E-state index in [9.17, 15) is 0 Å². The average molecular weight is 268 g/mol. The van der Waals surface area contributed by atoms with Crippen molar-refractivity contribution in [2.45, 2.75) is 6.92 Å². The van der Waals surface area contributed by atoms with Crippen molar-refractivity contribution in [1.29, 1.82) is 0 Å². The van der Waals surface area contributed by atoms with Crippen LogP contribution in [-0.4, -0.2) is 0 Å². The van der Waals surface area contributed by atoms with E-state index in [2.05, 4.69) is 0 Å². The molecule has 0 amide bonds. The molecule has 1 heterocycles. The minimum atomic E-state index is 0.507. The molecule has 1 aromatic heterocycles. The van der Waals surface area contributed by atoms with E-state index in [-0.39, 0.29) is 0 Å². The highest BCUT2D eigenvalue weighted by Gasteiger charge is 2.06. The van der Waals surface area contributed by atoms with Gasteiger partial charge in [-0.2, -0.15) is 0 Å². The first kappa shape index (κ1) is 12.1. The summed E-state index contributed by atoms with van der Waals surface area (Å²) >= 11 is 11.8. The largest absolute Gasteiger partial charge is 0.457 e. The Bertz CT molecular complexity index is 569. The Kier molecular flexibility index (Phi) is 3.46. The van der Waals surface area contributed by atoms with Crippen molar-refractivity contribution in [1.82, 2.24) is 0 Å². The van der Waals surface area contributed by atoms with E-state index >= 15 is 0 Å². The van der Waals surface area contributed by atoms with Gasteiger partial charge in [0.05, 0.1) is 10.0 Å². The Hall–Kier alpha value is -1.38. The molecule has 0 aliphatic heterocycles. The molecule has 0 bridgehead atoms. The van der Waals surface area contributed by atoms with Gasteiger partial charge in [-0.25, -0.2) is 0 Å². The van der Waals surface area contributed by atoms with E-state index < -0.39 is 0 Å². The summed E-state index contributed by atoms with van der Waals surface area (Å²) in [5.74, 6) is 1.45. The van der Waals surface area contributed by atoms with Crippen LogP contribution in [0.25, 0.3) is 17.4 Å². The van der Waals surface area contributed by atoms with Crippen LogP contribution < -0.4 is 5.73 Å². The van der Waals surface area contributed by atoms with Gasteiger partial charge in [-0.3, -0.25) is 0 Å². The third kappa shape index (κ3) is 2.84. The molecule has 2 aromatic rings. The second-order valence-corrected chi connectivity index (χ2v) is 4.53. The number of furan rings is 1. The SMILES string of the molecule is C/C(N)=C\c1ccc(-c2ccc(Cl)c(Cl)c2)o1. The minimum absolute atomic E-state index is 0.507. The molecule has 0 atom stereocenters. The number of rotatable bonds is 2. The third-order valence-electron chi connectivity index (χ3n) is 2.20. The molecule has 2 rings (SSSR count). The first-order valence-corrected chi connectivity index (χ1v) is 5.81. The van der Waals surface area contributed by atoms with Crippen LogP contribution in [0.3, 0.4) is 0 Å². The predicted molar refractivity (Wildman–Crippen MR) is 72.0 cm³/mol. The lowest BCUT2D eigenvalue weighted by molar-refractivity contribution is 0.571. The molecule has 0 aliphatic carbocycles. The Morgan fingerprint density at radius 2 is 1.94 bits per heavy atom. The average Bonchev–Trinajstić information content (AvgIpc) is 2.69. The van der Waals surface area contributed by atoms with Crippen LogP contribution in [0, 0.1) is 0 Å². The summed E-state index contributed by atoms with van der Waals surface area (Å²) in [6.45, 7) is 1.81. The summed E-state index contributed by atoms with van der Waals surface area (Å²) in [5.41, 5.74) is 7.16. The Morgan fingerprint density at radius 1 is 1.18 bits per heavy atom. The van der Waals surface area contributed by atoms with Crippen LogP contribution >= 0.6 is 23.2 Å². The van der Waals surface area contributed by atoms with Gasteiger partial charge in [0.25, 0.3) is 0 Å². The van der Waals surface area contributed by atoms with Gasteiger partial charge in [0.1, 0.15) is 11.5 Å². The molecule has 2 N–H and O–H groups in total. The summed E-state index contributed by atoms with van der Waals surface area (Å²) in [6, 6.07) is 9.09. The lowest BCUT2D eigenvalue weighted by atomic mass is 10.2. The van der Waals surface area contributed by atoms with Crippen molar-refractivity contribution in [3.05, 3.63) is 51.8 Å². The second-order valence-electron chi connectivity index (χ2n) is 3.72. The van der Waals surface area contributed by atoms with Crippen molar-refractivity contribution in [3.8, 4) is 11.3 Å². The summed E-state index contributed by atoms with van der Waals surface area (Å²) in [5, 5.41) is 1.03. The summed E-state index contributed by atoms with van der Waals surface area (Å²) in [4.78, 5) is 0. The second kappa shape index (κ2) is 4.86. The molecule has 4 heteroatoms. The maximum atomic E-state index is 5.95. The fourth-order valence-corrected chi connectivity index (χ4v) is 1.76. The van der Waals surface area contributed by atoms with Crippen LogP contribution in [0.2, 0.25) is 10.0 Å². The highest BCUT2D eigenvalue weighted by atomic mass is 35.5. The molecule has 1 aromatic carbocycles. The van der Waals surface area contributed by atoms with Crippen molar-refractivity contribution < 1.29 is 4.42 Å². The molecule has 0 saturated carbocycles. The molecule has 0 aliphatic rings. The Morgan fingerprint density at radius 3 is 2.59 bits per heavy atom. The lowest BCUT2D eigenvalue weighted by Gasteiger charge is -1.99. The predicted octanol–water partition coefficient (Wildman–Crippen LogP) is 4.57. The maximum Gasteiger partial charge on any atom is 0.134 e. The fourth-order valence-electron chi connectivity index (χ4n) is 1.46. The highest BCUT2D eigenvalue weighted by Crippen LogP contribution is 2.29. The van der Waals surface area contributed by atoms with Crippen LogP contribution in [0.1, 0.15) is 12.7 Å². The van der Waals surface area contributed by atoms with Crippen LogP contribution in [0.5, 0.6) is 0 Å². The fraction of sp³-hybridized carbons (Fsp3) is 0.0769. The number of nitrogens with two attached hydrogens (primary N) is 1. The molecule has 0 fully saturated rings. The first-order chi connectivity index (χ1) is 8.06. The summed E-state index contributed by atoms with van der Waals surface area (Å²) in [7, 11) is 0. The normalized spacial score (nSPS) is 11.8. The van der Waals surface area contributed by atoms with Crippen molar-refractivity contribution >= 4 is 29.3 Å². The van der Waals surface area contributed by atoms with Gasteiger partial charge in [0.2, 0.25) is 0 Å². The van der Waals surface area contributed by atoms with Crippen LogP contribution in [0.15, 0.2) is 40.4 Å². The molecule has 0 radical (unpaired) electrons. The molecule has 17 heavy (non-hydrogen) atoms. The smallest absolute Gasteiger partial charge is 0.134 e. The van der Waals surface area contributed by atoms with Gasteiger partial charge in [-0.15, -0.1) is 0 Å². The van der Waals surface area contributed by atoms with E-state index in [1.54, 1.807) is 25.1 Å². The lowest BCUT2D eigenvalue weighted by Crippen LogP contribution is -1.88. The van der Waals surface area contributed by atoms with Crippen LogP contribution in [0.4, 0.5) is 0 Å². The van der Waals surface area contributed by atoms with Crippen LogP contribution in [-0.2, 0) is 0 Å². The molecule has 0 spiro atoms. The minimum Gasteiger partial charge on any atom is -0.457 e. The molecule has 0 unspecified atom stereocenters. The molecular weight excluding hydrogens is 257 g/mol. The van der Waals surface area contributed by atoms with Gasteiger partial charge in [0.15, 0.2) is 0 Å². The first-order valence-electron chi connectivity index (χ1n) is 5.05. The topological polar surface area (TPSA) is 39.2 Å². The third-order valence-corrected chi connectivity index (χ3v) is 2.94. The zero-order valence-corrected chi connectivity index (χ0v) is 10.7. The molecule has 0 saturated heterocycles. The molecule has 2 nitrogen and oxygen atoms in total. The van der Waals surface area contributed by atoms with E-state index in [0.29, 0.717) is 21.5 Å². The van der Waals surface area contributed by atoms with Gasteiger partial charge < -0.3 is 10.2 Å². The molecular formula is C13H11Cl2NO. The number of hydrogen-bond donors (Lipinski definition) is 1. The zero-order chi connectivity index (χ0) is 12.4. The van der Waals surface area contributed by atoms with Crippen molar-refractivity contribution in [2.75, 3.05) is 0 Å². The Balaban J connectivity index is 2.37. The summed E-state index contributed by atoms with van der Waals surface area (Å²) in [6.07, 6.45) is 1.76.